The summed E-state index contributed by atoms with van der Waals surface area (Å²) >= 11 is 4.69. The second kappa shape index (κ2) is 13.6. The zero-order valence-corrected chi connectivity index (χ0v) is 24.0. The van der Waals surface area contributed by atoms with Gasteiger partial charge in [-0.1, -0.05) is 46.7 Å². The van der Waals surface area contributed by atoms with E-state index in [-0.39, 0.29) is 30.5 Å². The maximum Gasteiger partial charge on any atom is 0.262 e. The third kappa shape index (κ3) is 7.37. The summed E-state index contributed by atoms with van der Waals surface area (Å²) in [5.74, 6) is 0.292. The van der Waals surface area contributed by atoms with Gasteiger partial charge in [-0.25, -0.2) is 4.98 Å². The number of halogens is 1. The van der Waals surface area contributed by atoms with Crippen LogP contribution in [-0.2, 0) is 22.6 Å². The highest BCUT2D eigenvalue weighted by Gasteiger charge is 2.22. The summed E-state index contributed by atoms with van der Waals surface area (Å²) in [6.07, 6.45) is 2.10. The maximum absolute atomic E-state index is 13.6. The smallest absolute Gasteiger partial charge is 0.262 e. The molecule has 0 fully saturated rings. The summed E-state index contributed by atoms with van der Waals surface area (Å²) in [6, 6.07) is 16.0. The number of aromatic nitrogens is 2. The minimum absolute atomic E-state index is 0.167. The highest BCUT2D eigenvalue weighted by molar-refractivity contribution is 9.10. The standard InChI is InChI=1S/C28H29BrN4O5S/c1-3-24(26(35)31-16-21-5-4-13-38-21)39-28-32-23-11-10-20(29)15-22(23)27(36)33(28)17-18-6-8-19(9-7-18)25(34)30-12-14-37-2/h4-11,13,15,24H,3,12,14,16-17H2,1-2H3,(H,30,34)(H,31,35)/t24-/m0/s1. The Labute approximate surface area is 238 Å². The molecule has 2 aromatic heterocycles. The lowest BCUT2D eigenvalue weighted by Gasteiger charge is -2.18. The van der Waals surface area contributed by atoms with Crippen LogP contribution in [0.1, 0.15) is 35.0 Å². The summed E-state index contributed by atoms with van der Waals surface area (Å²) in [6.45, 7) is 3.27. The number of rotatable bonds is 12. The molecule has 0 aliphatic carbocycles. The second-order valence-corrected chi connectivity index (χ2v) is 10.8. The average molecular weight is 614 g/mol. The number of hydrogen-bond acceptors (Lipinski definition) is 7. The quantitative estimate of drug-likeness (QED) is 0.139. The number of amides is 2. The molecule has 2 aromatic carbocycles. The molecule has 1 atom stereocenters. The van der Waals surface area contributed by atoms with Crippen LogP contribution in [0.4, 0.5) is 0 Å². The number of nitrogens with one attached hydrogen (secondary N) is 2. The molecule has 9 nitrogen and oxygen atoms in total. The minimum atomic E-state index is -0.468. The molecule has 0 spiro atoms. The third-order valence-electron chi connectivity index (χ3n) is 5.96. The fourth-order valence-corrected chi connectivity index (χ4v) is 5.26. The molecule has 4 aromatic rings. The van der Waals surface area contributed by atoms with E-state index in [9.17, 15) is 14.4 Å². The van der Waals surface area contributed by atoms with Crippen molar-refractivity contribution >= 4 is 50.4 Å². The molecule has 39 heavy (non-hydrogen) atoms. The first-order valence-corrected chi connectivity index (χ1v) is 14.1. The van der Waals surface area contributed by atoms with Crippen molar-refractivity contribution in [3.63, 3.8) is 0 Å². The molecule has 0 radical (unpaired) electrons. The summed E-state index contributed by atoms with van der Waals surface area (Å²) in [4.78, 5) is 43.8. The van der Waals surface area contributed by atoms with E-state index in [0.717, 1.165) is 10.0 Å². The van der Waals surface area contributed by atoms with Crippen LogP contribution in [0.15, 0.2) is 79.7 Å². The van der Waals surface area contributed by atoms with Gasteiger partial charge in [0.15, 0.2) is 5.16 Å². The number of furan rings is 1. The number of ether oxygens (including phenoxy) is 1. The molecule has 0 bridgehead atoms. The second-order valence-electron chi connectivity index (χ2n) is 8.70. The lowest BCUT2D eigenvalue weighted by Crippen LogP contribution is -2.33. The number of benzene rings is 2. The van der Waals surface area contributed by atoms with Crippen LogP contribution < -0.4 is 16.2 Å². The van der Waals surface area contributed by atoms with Crippen LogP contribution in [0.5, 0.6) is 0 Å². The van der Waals surface area contributed by atoms with Gasteiger partial charge in [-0.05, 0) is 54.4 Å². The van der Waals surface area contributed by atoms with E-state index < -0.39 is 5.25 Å². The summed E-state index contributed by atoms with van der Waals surface area (Å²) < 4.78 is 12.6. The number of thioether (sulfide) groups is 1. The Morgan fingerprint density at radius 2 is 1.95 bits per heavy atom. The van der Waals surface area contributed by atoms with E-state index in [0.29, 0.717) is 47.0 Å². The topological polar surface area (TPSA) is 115 Å². The monoisotopic (exact) mass is 612 g/mol. The molecule has 0 unspecified atom stereocenters. The molecule has 2 heterocycles. The Bertz CT molecular complexity index is 1490. The van der Waals surface area contributed by atoms with Crippen LogP contribution >= 0.6 is 27.7 Å². The zero-order valence-electron chi connectivity index (χ0n) is 21.6. The van der Waals surface area contributed by atoms with Crippen molar-refractivity contribution < 1.29 is 18.7 Å². The van der Waals surface area contributed by atoms with Crippen molar-refractivity contribution in [1.29, 1.82) is 0 Å². The molecule has 2 amide bonds. The summed E-state index contributed by atoms with van der Waals surface area (Å²) in [5.41, 5.74) is 1.67. The maximum atomic E-state index is 13.6. The van der Waals surface area contributed by atoms with Gasteiger partial charge in [-0.3, -0.25) is 19.0 Å². The van der Waals surface area contributed by atoms with E-state index in [2.05, 4.69) is 26.6 Å². The highest BCUT2D eigenvalue weighted by atomic mass is 79.9. The number of carbonyl (C=O) groups is 2. The lowest BCUT2D eigenvalue weighted by atomic mass is 10.1. The Hall–Kier alpha value is -3.41. The van der Waals surface area contributed by atoms with E-state index in [1.54, 1.807) is 54.3 Å². The van der Waals surface area contributed by atoms with E-state index >= 15 is 0 Å². The van der Waals surface area contributed by atoms with Gasteiger partial charge >= 0.3 is 0 Å². The average Bonchev–Trinajstić information content (AvgIpc) is 3.47. The fraction of sp³-hybridized carbons (Fsp3) is 0.286. The molecule has 0 aliphatic rings. The minimum Gasteiger partial charge on any atom is -0.467 e. The lowest BCUT2D eigenvalue weighted by molar-refractivity contribution is -0.120. The zero-order chi connectivity index (χ0) is 27.8. The molecule has 0 saturated heterocycles. The third-order valence-corrected chi connectivity index (χ3v) is 7.81. The number of fused-ring (bicyclic) bond motifs is 1. The van der Waals surface area contributed by atoms with Gasteiger partial charge in [0.1, 0.15) is 5.76 Å². The Morgan fingerprint density at radius 1 is 1.15 bits per heavy atom. The first-order valence-electron chi connectivity index (χ1n) is 12.4. The largest absolute Gasteiger partial charge is 0.467 e. The van der Waals surface area contributed by atoms with Crippen molar-refractivity contribution in [3.05, 3.63) is 92.6 Å². The predicted octanol–water partition coefficient (Wildman–Crippen LogP) is 4.36. The molecule has 4 rings (SSSR count). The highest BCUT2D eigenvalue weighted by Crippen LogP contribution is 2.26. The van der Waals surface area contributed by atoms with Crippen LogP contribution in [0, 0.1) is 0 Å². The van der Waals surface area contributed by atoms with Gasteiger partial charge in [0.25, 0.3) is 11.5 Å². The molecule has 11 heteroatoms. The molecule has 2 N–H and O–H groups in total. The Morgan fingerprint density at radius 3 is 2.64 bits per heavy atom. The van der Waals surface area contributed by atoms with Crippen LogP contribution in [0.3, 0.4) is 0 Å². The Kier molecular flexibility index (Phi) is 9.96. The van der Waals surface area contributed by atoms with Crippen molar-refractivity contribution in [1.82, 2.24) is 20.2 Å². The van der Waals surface area contributed by atoms with Gasteiger partial charge in [0.2, 0.25) is 5.91 Å². The fourth-order valence-electron chi connectivity index (χ4n) is 3.87. The molecule has 0 aliphatic heterocycles. The SMILES string of the molecule is CC[C@H](Sc1nc2ccc(Br)cc2c(=O)n1Cc1ccc(C(=O)NCCOC)cc1)C(=O)NCc1ccco1. The molecular weight excluding hydrogens is 584 g/mol. The van der Waals surface area contributed by atoms with Gasteiger partial charge < -0.3 is 19.8 Å². The number of nitrogens with zero attached hydrogens (tertiary/aromatic N) is 2. The van der Waals surface area contributed by atoms with Gasteiger partial charge in [0.05, 0.1) is 42.1 Å². The Balaban J connectivity index is 1.60. The molecule has 0 saturated carbocycles. The van der Waals surface area contributed by atoms with Crippen molar-refractivity contribution in [2.75, 3.05) is 20.3 Å². The number of carbonyl (C=O) groups excluding carboxylic acids is 2. The number of methoxy groups -OCH3 is 1. The molecular formula is C28H29BrN4O5S. The van der Waals surface area contributed by atoms with E-state index in [1.807, 2.05) is 25.1 Å². The van der Waals surface area contributed by atoms with Crippen LogP contribution in [0.2, 0.25) is 0 Å². The number of hydrogen-bond donors (Lipinski definition) is 2. The predicted molar refractivity (Wildman–Crippen MR) is 154 cm³/mol. The van der Waals surface area contributed by atoms with E-state index in [1.165, 1.54) is 11.8 Å². The van der Waals surface area contributed by atoms with Gasteiger partial charge in [-0.2, -0.15) is 0 Å². The van der Waals surface area contributed by atoms with Crippen molar-refractivity contribution in [2.24, 2.45) is 0 Å². The van der Waals surface area contributed by atoms with Crippen molar-refractivity contribution in [2.45, 2.75) is 36.8 Å². The van der Waals surface area contributed by atoms with E-state index in [4.69, 9.17) is 14.1 Å². The first kappa shape index (κ1) is 28.6. The van der Waals surface area contributed by atoms with Crippen LogP contribution in [0.25, 0.3) is 10.9 Å². The first-order chi connectivity index (χ1) is 18.9. The normalized spacial score (nSPS) is 11.9. The molecule has 204 valence electrons. The summed E-state index contributed by atoms with van der Waals surface area (Å²) in [7, 11) is 1.58. The van der Waals surface area contributed by atoms with Gasteiger partial charge in [0, 0.05) is 23.7 Å². The van der Waals surface area contributed by atoms with Crippen LogP contribution in [-0.4, -0.2) is 46.9 Å². The van der Waals surface area contributed by atoms with Gasteiger partial charge in [-0.15, -0.1) is 0 Å². The van der Waals surface area contributed by atoms with Crippen molar-refractivity contribution in [3.8, 4) is 0 Å². The summed E-state index contributed by atoms with van der Waals surface area (Å²) in [5, 5.41) is 6.13.